The van der Waals surface area contributed by atoms with Crippen LogP contribution in [-0.2, 0) is 9.53 Å². The number of nitrogens with two attached hydrogens (primary N) is 1. The number of carbonyl (C=O) groups excluding carboxylic acids is 1. The van der Waals surface area contributed by atoms with E-state index in [2.05, 4.69) is 0 Å². The number of ether oxygens (including phenoxy) is 1. The SMILES string of the molecule is CC(N)C(C)C(=O)N1CCOC(C)C1C.Cl. The molecule has 1 heterocycles. The summed E-state index contributed by atoms with van der Waals surface area (Å²) < 4.78 is 5.49. The lowest BCUT2D eigenvalue weighted by Gasteiger charge is -2.39. The molecule has 0 aromatic heterocycles. The highest BCUT2D eigenvalue weighted by Gasteiger charge is 2.32. The predicted octanol–water partition coefficient (Wildman–Crippen LogP) is 1.03. The number of nitrogens with zero attached hydrogens (tertiary/aromatic N) is 1. The van der Waals surface area contributed by atoms with E-state index in [-0.39, 0.29) is 42.4 Å². The number of hydrogen-bond donors (Lipinski definition) is 1. The molecule has 96 valence electrons. The molecule has 0 bridgehead atoms. The van der Waals surface area contributed by atoms with Crippen molar-refractivity contribution in [3.8, 4) is 0 Å². The summed E-state index contributed by atoms with van der Waals surface area (Å²) in [5, 5.41) is 0. The highest BCUT2D eigenvalue weighted by molar-refractivity contribution is 5.85. The van der Waals surface area contributed by atoms with Crippen molar-refractivity contribution in [2.75, 3.05) is 13.2 Å². The molecule has 1 aliphatic heterocycles. The first-order valence-corrected chi connectivity index (χ1v) is 5.62. The number of amides is 1. The summed E-state index contributed by atoms with van der Waals surface area (Å²) in [6.07, 6.45) is 0.114. The molecule has 0 aromatic rings. The standard InChI is InChI=1S/C11H22N2O2.ClH/c1-7(8(2)12)11(14)13-5-6-15-10(4)9(13)3;/h7-10H,5-6,12H2,1-4H3;1H. The monoisotopic (exact) mass is 250 g/mol. The average molecular weight is 251 g/mol. The molecule has 1 fully saturated rings. The Morgan fingerprint density at radius 2 is 2.00 bits per heavy atom. The van der Waals surface area contributed by atoms with E-state index in [4.69, 9.17) is 10.5 Å². The quantitative estimate of drug-likeness (QED) is 0.797. The third kappa shape index (κ3) is 3.34. The molecule has 1 rings (SSSR count). The molecule has 4 unspecified atom stereocenters. The Morgan fingerprint density at radius 3 is 2.50 bits per heavy atom. The van der Waals surface area contributed by atoms with Crippen LogP contribution >= 0.6 is 12.4 Å². The largest absolute Gasteiger partial charge is 0.375 e. The van der Waals surface area contributed by atoms with Crippen molar-refractivity contribution in [2.24, 2.45) is 11.7 Å². The molecular formula is C11H23ClN2O2. The van der Waals surface area contributed by atoms with Crippen LogP contribution in [0.1, 0.15) is 27.7 Å². The summed E-state index contributed by atoms with van der Waals surface area (Å²) in [4.78, 5) is 14.0. The van der Waals surface area contributed by atoms with Crippen LogP contribution in [0.2, 0.25) is 0 Å². The van der Waals surface area contributed by atoms with Gasteiger partial charge in [0.15, 0.2) is 0 Å². The number of morpholine rings is 1. The van der Waals surface area contributed by atoms with Gasteiger partial charge in [-0.15, -0.1) is 12.4 Å². The molecule has 0 saturated carbocycles. The summed E-state index contributed by atoms with van der Waals surface area (Å²) in [7, 11) is 0. The van der Waals surface area contributed by atoms with Gasteiger partial charge in [0.25, 0.3) is 0 Å². The second-order valence-corrected chi connectivity index (χ2v) is 4.50. The van der Waals surface area contributed by atoms with Gasteiger partial charge in [-0.25, -0.2) is 0 Å². The predicted molar refractivity (Wildman–Crippen MR) is 66.7 cm³/mol. The molecule has 16 heavy (non-hydrogen) atoms. The van der Waals surface area contributed by atoms with Gasteiger partial charge in [-0.05, 0) is 20.8 Å². The number of halogens is 1. The fourth-order valence-electron chi connectivity index (χ4n) is 1.73. The molecule has 0 aliphatic carbocycles. The van der Waals surface area contributed by atoms with Crippen molar-refractivity contribution in [3.05, 3.63) is 0 Å². The minimum atomic E-state index is -0.113. The minimum Gasteiger partial charge on any atom is -0.375 e. The topological polar surface area (TPSA) is 55.6 Å². The second kappa shape index (κ2) is 6.42. The fourth-order valence-corrected chi connectivity index (χ4v) is 1.73. The van der Waals surface area contributed by atoms with Crippen molar-refractivity contribution >= 4 is 18.3 Å². The van der Waals surface area contributed by atoms with Gasteiger partial charge in [0.2, 0.25) is 5.91 Å². The Morgan fingerprint density at radius 1 is 1.44 bits per heavy atom. The van der Waals surface area contributed by atoms with Crippen LogP contribution in [0.5, 0.6) is 0 Å². The van der Waals surface area contributed by atoms with Crippen LogP contribution in [0.25, 0.3) is 0 Å². The normalized spacial score (nSPS) is 29.2. The van der Waals surface area contributed by atoms with Crippen LogP contribution < -0.4 is 5.73 Å². The summed E-state index contributed by atoms with van der Waals surface area (Å²) >= 11 is 0. The Hall–Kier alpha value is -0.320. The van der Waals surface area contributed by atoms with Crippen molar-refractivity contribution < 1.29 is 9.53 Å². The van der Waals surface area contributed by atoms with Gasteiger partial charge < -0.3 is 15.4 Å². The van der Waals surface area contributed by atoms with Gasteiger partial charge in [0.05, 0.1) is 24.7 Å². The van der Waals surface area contributed by atoms with E-state index in [9.17, 15) is 4.79 Å². The van der Waals surface area contributed by atoms with Gasteiger partial charge in [0.1, 0.15) is 0 Å². The number of hydrogen-bond acceptors (Lipinski definition) is 3. The molecule has 4 atom stereocenters. The molecule has 1 saturated heterocycles. The highest BCUT2D eigenvalue weighted by atomic mass is 35.5. The van der Waals surface area contributed by atoms with E-state index >= 15 is 0 Å². The lowest BCUT2D eigenvalue weighted by Crippen LogP contribution is -2.54. The van der Waals surface area contributed by atoms with Crippen LogP contribution in [0, 0.1) is 5.92 Å². The van der Waals surface area contributed by atoms with Gasteiger partial charge in [0, 0.05) is 12.6 Å². The second-order valence-electron chi connectivity index (χ2n) is 4.50. The van der Waals surface area contributed by atoms with Gasteiger partial charge >= 0.3 is 0 Å². The van der Waals surface area contributed by atoms with Crippen molar-refractivity contribution in [3.63, 3.8) is 0 Å². The molecule has 0 aromatic carbocycles. The molecule has 2 N–H and O–H groups in total. The lowest BCUT2D eigenvalue weighted by atomic mass is 10.0. The minimum absolute atomic E-state index is 0. The Bertz CT molecular complexity index is 236. The van der Waals surface area contributed by atoms with E-state index in [1.54, 1.807) is 0 Å². The zero-order valence-electron chi connectivity index (χ0n) is 10.5. The maximum Gasteiger partial charge on any atom is 0.227 e. The third-order valence-electron chi connectivity index (χ3n) is 3.35. The van der Waals surface area contributed by atoms with Crippen LogP contribution in [0.3, 0.4) is 0 Å². The molecule has 5 heteroatoms. The molecule has 0 radical (unpaired) electrons. The molecular weight excluding hydrogens is 228 g/mol. The van der Waals surface area contributed by atoms with Crippen molar-refractivity contribution in [1.29, 1.82) is 0 Å². The molecule has 1 aliphatic rings. The van der Waals surface area contributed by atoms with E-state index in [1.165, 1.54) is 0 Å². The summed E-state index contributed by atoms with van der Waals surface area (Å²) in [6.45, 7) is 9.09. The smallest absolute Gasteiger partial charge is 0.227 e. The Kier molecular flexibility index (Phi) is 6.30. The first-order chi connectivity index (χ1) is 6.95. The Balaban J connectivity index is 0.00000225. The number of rotatable bonds is 2. The summed E-state index contributed by atoms with van der Waals surface area (Å²) in [5.41, 5.74) is 5.74. The van der Waals surface area contributed by atoms with E-state index in [1.807, 2.05) is 32.6 Å². The summed E-state index contributed by atoms with van der Waals surface area (Å²) in [6, 6.07) is 0.0512. The maximum absolute atomic E-state index is 12.1. The maximum atomic E-state index is 12.1. The van der Waals surface area contributed by atoms with E-state index < -0.39 is 0 Å². The fraction of sp³-hybridized carbons (Fsp3) is 0.909. The van der Waals surface area contributed by atoms with Gasteiger partial charge in [-0.2, -0.15) is 0 Å². The lowest BCUT2D eigenvalue weighted by molar-refractivity contribution is -0.148. The third-order valence-corrected chi connectivity index (χ3v) is 3.35. The van der Waals surface area contributed by atoms with E-state index in [0.29, 0.717) is 13.2 Å². The zero-order valence-corrected chi connectivity index (χ0v) is 11.3. The van der Waals surface area contributed by atoms with Gasteiger partial charge in [-0.3, -0.25) is 4.79 Å². The van der Waals surface area contributed by atoms with E-state index in [0.717, 1.165) is 0 Å². The molecule has 4 nitrogen and oxygen atoms in total. The number of carbonyl (C=O) groups is 1. The van der Waals surface area contributed by atoms with Crippen molar-refractivity contribution in [2.45, 2.75) is 45.9 Å². The summed E-state index contributed by atoms with van der Waals surface area (Å²) in [5.74, 6) is 0.0328. The van der Waals surface area contributed by atoms with Crippen LogP contribution in [0.4, 0.5) is 0 Å². The van der Waals surface area contributed by atoms with Crippen LogP contribution in [0.15, 0.2) is 0 Å². The first-order valence-electron chi connectivity index (χ1n) is 5.62. The van der Waals surface area contributed by atoms with Crippen LogP contribution in [-0.4, -0.2) is 42.1 Å². The van der Waals surface area contributed by atoms with Gasteiger partial charge in [-0.1, -0.05) is 6.92 Å². The first kappa shape index (κ1) is 15.7. The molecule has 0 spiro atoms. The zero-order chi connectivity index (χ0) is 11.6. The average Bonchev–Trinajstić information content (AvgIpc) is 2.20. The molecule has 1 amide bonds. The van der Waals surface area contributed by atoms with Crippen molar-refractivity contribution in [1.82, 2.24) is 4.90 Å². The highest BCUT2D eigenvalue weighted by Crippen LogP contribution is 2.17. The Labute approximate surface area is 104 Å².